The van der Waals surface area contributed by atoms with Crippen LogP contribution in [-0.2, 0) is 25.2 Å². The van der Waals surface area contributed by atoms with Gasteiger partial charge in [-0.05, 0) is 31.0 Å². The Balaban J connectivity index is 2.31. The van der Waals surface area contributed by atoms with Gasteiger partial charge in [0, 0.05) is 10.6 Å². The summed E-state index contributed by atoms with van der Waals surface area (Å²) < 4.78 is 24.3. The summed E-state index contributed by atoms with van der Waals surface area (Å²) in [4.78, 5) is 23.9. The number of carbonyl (C=O) groups is 2. The molecule has 0 radical (unpaired) electrons. The first kappa shape index (κ1) is 21.9. The summed E-state index contributed by atoms with van der Waals surface area (Å²) in [6, 6.07) is 12.9. The molecule has 9 heteroatoms. The second kappa shape index (κ2) is 8.30. The molecule has 2 aromatic rings. The summed E-state index contributed by atoms with van der Waals surface area (Å²) in [6.07, 6.45) is 0.849. The van der Waals surface area contributed by atoms with Crippen LogP contribution in [-0.4, -0.2) is 37.7 Å². The van der Waals surface area contributed by atoms with Gasteiger partial charge in [-0.2, -0.15) is 0 Å². The molecule has 0 saturated heterocycles. The third kappa shape index (κ3) is 5.09. The number of carboxylic acid groups (broad SMARTS) is 1. The molecular weight excluding hydrogens is 404 g/mol. The molecule has 0 aliphatic carbocycles. The van der Waals surface area contributed by atoms with E-state index in [1.54, 1.807) is 30.3 Å². The Hall–Kier alpha value is -2.42. The molecule has 1 unspecified atom stereocenters. The summed E-state index contributed by atoms with van der Waals surface area (Å²) in [5.41, 5.74) is 0.397. The summed E-state index contributed by atoms with van der Waals surface area (Å²) in [5.74, 6) is -2.06. The van der Waals surface area contributed by atoms with Crippen molar-refractivity contribution in [3.8, 4) is 11.1 Å². The smallest absolute Gasteiger partial charge is 0.328 e. The highest BCUT2D eigenvalue weighted by Gasteiger charge is 2.38. The van der Waals surface area contributed by atoms with Crippen LogP contribution in [0.25, 0.3) is 11.1 Å². The number of hydrogen-bond acceptors (Lipinski definition) is 5. The largest absolute Gasteiger partial charge is 0.480 e. The summed E-state index contributed by atoms with van der Waals surface area (Å²) in [5, 5.41) is 13.0. The molecule has 2 atom stereocenters. The van der Waals surface area contributed by atoms with E-state index < -0.39 is 33.5 Å². The van der Waals surface area contributed by atoms with Crippen molar-refractivity contribution in [1.82, 2.24) is 10.0 Å². The average Bonchev–Trinajstić information content (AvgIpc) is 2.60. The topological polar surface area (TPSA) is 113 Å². The first-order valence-electron chi connectivity index (χ1n) is 8.32. The zero-order chi connectivity index (χ0) is 21.1. The van der Waals surface area contributed by atoms with Crippen molar-refractivity contribution in [2.45, 2.75) is 25.4 Å². The Kier molecular flexibility index (Phi) is 6.48. The van der Waals surface area contributed by atoms with Crippen molar-refractivity contribution in [2.75, 3.05) is 6.26 Å². The van der Waals surface area contributed by atoms with Crippen molar-refractivity contribution in [3.63, 3.8) is 0 Å². The van der Waals surface area contributed by atoms with Gasteiger partial charge in [-0.1, -0.05) is 54.1 Å². The van der Waals surface area contributed by atoms with Gasteiger partial charge >= 0.3 is 5.97 Å². The highest BCUT2D eigenvalue weighted by molar-refractivity contribution is 7.89. The number of rotatable bonds is 7. The van der Waals surface area contributed by atoms with Crippen LogP contribution >= 0.6 is 11.6 Å². The van der Waals surface area contributed by atoms with E-state index in [4.69, 9.17) is 11.6 Å². The Morgan fingerprint density at radius 1 is 1.11 bits per heavy atom. The quantitative estimate of drug-likeness (QED) is 0.629. The molecule has 0 bridgehead atoms. The second-order valence-electron chi connectivity index (χ2n) is 6.59. The summed E-state index contributed by atoms with van der Waals surface area (Å²) >= 11 is 6.20. The fourth-order valence-electron chi connectivity index (χ4n) is 2.72. The fraction of sp³-hybridized carbons (Fsp3) is 0.263. The maximum Gasteiger partial charge on any atom is 0.328 e. The number of sulfonamides is 1. The van der Waals surface area contributed by atoms with Crippen LogP contribution in [0.4, 0.5) is 0 Å². The van der Waals surface area contributed by atoms with Gasteiger partial charge in [0.1, 0.15) is 5.54 Å². The summed E-state index contributed by atoms with van der Waals surface area (Å²) in [6.45, 7) is 2.80. The van der Waals surface area contributed by atoms with Gasteiger partial charge in [-0.15, -0.1) is 0 Å². The number of carboxylic acids is 1. The molecule has 0 fully saturated rings. The van der Waals surface area contributed by atoms with E-state index in [0.717, 1.165) is 17.4 Å². The number of amides is 1. The highest BCUT2D eigenvalue weighted by atomic mass is 35.5. The van der Waals surface area contributed by atoms with Gasteiger partial charge in [0.2, 0.25) is 15.9 Å². The Morgan fingerprint density at radius 3 is 2.18 bits per heavy atom. The van der Waals surface area contributed by atoms with Crippen LogP contribution in [0.5, 0.6) is 0 Å². The molecule has 3 N–H and O–H groups in total. The Bertz CT molecular complexity index is 992. The van der Waals surface area contributed by atoms with E-state index in [9.17, 15) is 23.1 Å². The lowest BCUT2D eigenvalue weighted by Crippen LogP contribution is -2.55. The van der Waals surface area contributed by atoms with E-state index in [1.807, 2.05) is 22.9 Å². The molecule has 28 heavy (non-hydrogen) atoms. The van der Waals surface area contributed by atoms with Gasteiger partial charge in [0.25, 0.3) is 0 Å². The van der Waals surface area contributed by atoms with Crippen LogP contribution in [0.1, 0.15) is 19.4 Å². The van der Waals surface area contributed by atoms with Crippen molar-refractivity contribution in [2.24, 2.45) is 0 Å². The van der Waals surface area contributed by atoms with E-state index in [2.05, 4.69) is 5.32 Å². The SMILES string of the molecule is C[C@H](NC(C)(C(=O)O)c1ccc(-c2ccccc2Cl)cc1)C(=O)NS(C)(=O)=O. The zero-order valence-electron chi connectivity index (χ0n) is 15.6. The van der Waals surface area contributed by atoms with Crippen molar-refractivity contribution < 1.29 is 23.1 Å². The molecule has 150 valence electrons. The zero-order valence-corrected chi connectivity index (χ0v) is 17.1. The van der Waals surface area contributed by atoms with E-state index in [0.29, 0.717) is 10.6 Å². The number of benzene rings is 2. The molecular formula is C19H21ClN2O5S. The lowest BCUT2D eigenvalue weighted by atomic mass is 9.89. The van der Waals surface area contributed by atoms with E-state index in [-0.39, 0.29) is 0 Å². The monoisotopic (exact) mass is 424 g/mol. The van der Waals surface area contributed by atoms with Crippen molar-refractivity contribution in [3.05, 3.63) is 59.1 Å². The van der Waals surface area contributed by atoms with Gasteiger partial charge in [-0.3, -0.25) is 14.8 Å². The molecule has 2 aromatic carbocycles. The third-order valence-corrected chi connectivity index (χ3v) is 5.16. The first-order chi connectivity index (χ1) is 12.9. The number of hydrogen-bond donors (Lipinski definition) is 3. The Morgan fingerprint density at radius 2 is 1.68 bits per heavy atom. The van der Waals surface area contributed by atoms with Crippen LogP contribution < -0.4 is 10.0 Å². The average molecular weight is 425 g/mol. The Labute approximate surface area is 168 Å². The minimum Gasteiger partial charge on any atom is -0.480 e. The maximum atomic E-state index is 12.0. The number of aliphatic carboxylic acids is 1. The fourth-order valence-corrected chi connectivity index (χ4v) is 3.50. The molecule has 0 aliphatic heterocycles. The second-order valence-corrected chi connectivity index (χ2v) is 8.75. The van der Waals surface area contributed by atoms with Crippen LogP contribution in [0.3, 0.4) is 0 Å². The van der Waals surface area contributed by atoms with Crippen LogP contribution in [0, 0.1) is 0 Å². The lowest BCUT2D eigenvalue weighted by molar-refractivity contribution is -0.145. The first-order valence-corrected chi connectivity index (χ1v) is 10.6. The molecule has 0 aromatic heterocycles. The molecule has 0 aliphatic rings. The minimum absolute atomic E-state index is 0.398. The predicted octanol–water partition coefficient (Wildman–Crippen LogP) is 2.36. The molecule has 1 amide bonds. The maximum absolute atomic E-state index is 12.0. The van der Waals surface area contributed by atoms with Gasteiger partial charge < -0.3 is 5.11 Å². The lowest BCUT2D eigenvalue weighted by Gasteiger charge is -2.30. The predicted molar refractivity (Wildman–Crippen MR) is 107 cm³/mol. The summed E-state index contributed by atoms with van der Waals surface area (Å²) in [7, 11) is -3.75. The molecule has 0 heterocycles. The highest BCUT2D eigenvalue weighted by Crippen LogP contribution is 2.30. The molecule has 2 rings (SSSR count). The van der Waals surface area contributed by atoms with Gasteiger partial charge in [0.15, 0.2) is 0 Å². The standard InChI is InChI=1S/C19H21ClN2O5S/c1-12(17(23)22-28(3,26)27)21-19(2,18(24)25)14-10-8-13(9-11-14)15-6-4-5-7-16(15)20/h4-12,21H,1-3H3,(H,22,23)(H,24,25)/t12-,19?/m0/s1. The molecule has 0 saturated carbocycles. The molecule has 0 spiro atoms. The molecule has 7 nitrogen and oxygen atoms in total. The van der Waals surface area contributed by atoms with Crippen molar-refractivity contribution >= 4 is 33.5 Å². The number of nitrogens with one attached hydrogen (secondary N) is 2. The van der Waals surface area contributed by atoms with E-state index >= 15 is 0 Å². The van der Waals surface area contributed by atoms with Crippen molar-refractivity contribution in [1.29, 1.82) is 0 Å². The number of halogens is 1. The van der Waals surface area contributed by atoms with Crippen LogP contribution in [0.15, 0.2) is 48.5 Å². The normalized spacial score (nSPS) is 14.7. The van der Waals surface area contributed by atoms with E-state index in [1.165, 1.54) is 13.8 Å². The van der Waals surface area contributed by atoms with Gasteiger partial charge in [-0.25, -0.2) is 13.2 Å². The van der Waals surface area contributed by atoms with Crippen LogP contribution in [0.2, 0.25) is 5.02 Å². The number of carbonyl (C=O) groups excluding carboxylic acids is 1. The third-order valence-electron chi connectivity index (χ3n) is 4.26. The van der Waals surface area contributed by atoms with Gasteiger partial charge in [0.05, 0.1) is 12.3 Å². The minimum atomic E-state index is -3.75.